The Balaban J connectivity index is 2.16. The molecule has 0 aliphatic heterocycles. The molecule has 5 heteroatoms. The molecule has 0 bridgehead atoms. The largest absolute Gasteiger partial charge is 0.497 e. The Kier molecular flexibility index (Phi) is 3.95. The van der Waals surface area contributed by atoms with Crippen molar-refractivity contribution in [3.05, 3.63) is 64.4 Å². The number of aryl methyl sites for hydroxylation is 1. The van der Waals surface area contributed by atoms with Crippen LogP contribution in [0.25, 0.3) is 11.0 Å². The van der Waals surface area contributed by atoms with Crippen LogP contribution in [0.2, 0.25) is 0 Å². The van der Waals surface area contributed by atoms with E-state index >= 15 is 0 Å². The molecule has 2 aromatic carbocycles. The minimum atomic E-state index is -0.906. The number of nitriles is 2. The molecular formula is C19H14N2O3. The molecule has 0 fully saturated rings. The van der Waals surface area contributed by atoms with Gasteiger partial charge in [-0.2, -0.15) is 10.5 Å². The van der Waals surface area contributed by atoms with Crippen LogP contribution in [-0.2, 0) is 0 Å². The van der Waals surface area contributed by atoms with E-state index < -0.39 is 6.10 Å². The van der Waals surface area contributed by atoms with E-state index in [4.69, 9.17) is 14.4 Å². The lowest BCUT2D eigenvalue weighted by molar-refractivity contribution is 0.219. The van der Waals surface area contributed by atoms with Crippen LogP contribution in [0.3, 0.4) is 0 Å². The van der Waals surface area contributed by atoms with Crippen LogP contribution < -0.4 is 4.74 Å². The van der Waals surface area contributed by atoms with E-state index in [1.165, 1.54) is 6.07 Å². The number of aliphatic hydroxyl groups excluding tert-OH is 1. The summed E-state index contributed by atoms with van der Waals surface area (Å²) in [6, 6.07) is 14.2. The minimum absolute atomic E-state index is 0.254. The third kappa shape index (κ3) is 2.48. The van der Waals surface area contributed by atoms with Crippen molar-refractivity contribution < 1.29 is 14.3 Å². The molecule has 0 saturated heterocycles. The third-order valence-corrected chi connectivity index (χ3v) is 4.00. The first-order chi connectivity index (χ1) is 11.6. The fraction of sp³-hybridized carbons (Fsp3) is 0.158. The average molecular weight is 318 g/mol. The van der Waals surface area contributed by atoms with E-state index in [0.717, 1.165) is 0 Å². The zero-order valence-corrected chi connectivity index (χ0v) is 13.2. The van der Waals surface area contributed by atoms with Gasteiger partial charge in [0, 0.05) is 17.0 Å². The number of fused-ring (bicyclic) bond motifs is 1. The second-order valence-corrected chi connectivity index (χ2v) is 5.37. The first kappa shape index (κ1) is 15.6. The number of aliphatic hydroxyl groups is 1. The maximum atomic E-state index is 10.8. The van der Waals surface area contributed by atoms with Gasteiger partial charge in [-0.15, -0.1) is 0 Å². The van der Waals surface area contributed by atoms with Gasteiger partial charge in [-0.25, -0.2) is 0 Å². The molecule has 1 atom stereocenters. The summed E-state index contributed by atoms with van der Waals surface area (Å²) in [5.41, 5.74) is 2.27. The van der Waals surface area contributed by atoms with E-state index in [1.807, 2.05) is 12.1 Å². The van der Waals surface area contributed by atoms with Gasteiger partial charge in [-0.3, -0.25) is 0 Å². The fourth-order valence-corrected chi connectivity index (χ4v) is 2.76. The van der Waals surface area contributed by atoms with Crippen LogP contribution in [0.4, 0.5) is 0 Å². The highest BCUT2D eigenvalue weighted by Gasteiger charge is 2.22. The molecule has 1 unspecified atom stereocenters. The maximum absolute atomic E-state index is 10.8. The lowest BCUT2D eigenvalue weighted by atomic mass is 9.96. The van der Waals surface area contributed by atoms with E-state index in [9.17, 15) is 10.4 Å². The first-order valence-corrected chi connectivity index (χ1v) is 7.28. The molecule has 1 N–H and O–H groups in total. The number of furan rings is 1. The molecule has 1 heterocycles. The lowest BCUT2D eigenvalue weighted by Crippen LogP contribution is -2.01. The number of hydrogen-bond donors (Lipinski definition) is 1. The zero-order valence-electron chi connectivity index (χ0n) is 13.2. The number of rotatable bonds is 3. The quantitative estimate of drug-likeness (QED) is 0.797. The molecule has 3 aromatic rings. The normalized spacial score (nSPS) is 11.7. The molecular weight excluding hydrogens is 304 g/mol. The number of benzene rings is 2. The Labute approximate surface area is 138 Å². The average Bonchev–Trinajstić information content (AvgIpc) is 2.94. The van der Waals surface area contributed by atoms with Crippen molar-refractivity contribution in [1.29, 1.82) is 10.5 Å². The maximum Gasteiger partial charge on any atom is 0.136 e. The highest BCUT2D eigenvalue weighted by Crippen LogP contribution is 2.35. The summed E-state index contributed by atoms with van der Waals surface area (Å²) in [6.07, 6.45) is -0.906. The predicted octanol–water partition coefficient (Wildman–Crippen LogP) is 3.57. The Hall–Kier alpha value is -3.28. The minimum Gasteiger partial charge on any atom is -0.497 e. The highest BCUT2D eigenvalue weighted by molar-refractivity contribution is 5.86. The van der Waals surface area contributed by atoms with Gasteiger partial charge in [-0.1, -0.05) is 12.1 Å². The predicted molar refractivity (Wildman–Crippen MR) is 87.4 cm³/mol. The van der Waals surface area contributed by atoms with E-state index in [2.05, 4.69) is 0 Å². The Morgan fingerprint density at radius 3 is 2.29 bits per heavy atom. The molecule has 5 nitrogen and oxygen atoms in total. The fourth-order valence-electron chi connectivity index (χ4n) is 2.76. The number of methoxy groups -OCH3 is 1. The number of nitrogens with zero attached hydrogens (tertiary/aromatic N) is 2. The second-order valence-electron chi connectivity index (χ2n) is 5.37. The van der Waals surface area contributed by atoms with Crippen molar-refractivity contribution in [2.75, 3.05) is 7.11 Å². The van der Waals surface area contributed by atoms with Crippen molar-refractivity contribution in [3.8, 4) is 17.9 Å². The van der Waals surface area contributed by atoms with Gasteiger partial charge in [0.25, 0.3) is 0 Å². The van der Waals surface area contributed by atoms with Crippen molar-refractivity contribution >= 4 is 11.0 Å². The Morgan fingerprint density at radius 1 is 1.08 bits per heavy atom. The summed E-state index contributed by atoms with van der Waals surface area (Å²) in [7, 11) is 1.58. The molecule has 0 radical (unpaired) electrons. The van der Waals surface area contributed by atoms with Gasteiger partial charge < -0.3 is 14.3 Å². The topological polar surface area (TPSA) is 90.2 Å². The Bertz CT molecular complexity index is 989. The molecule has 0 aliphatic carbocycles. The number of hydrogen-bond acceptors (Lipinski definition) is 5. The number of ether oxygens (including phenoxy) is 1. The molecule has 0 spiro atoms. The molecule has 0 amide bonds. The van der Waals surface area contributed by atoms with Crippen LogP contribution >= 0.6 is 0 Å². The van der Waals surface area contributed by atoms with Crippen LogP contribution in [0.1, 0.15) is 34.1 Å². The van der Waals surface area contributed by atoms with Crippen LogP contribution in [0.5, 0.6) is 5.75 Å². The monoisotopic (exact) mass is 318 g/mol. The van der Waals surface area contributed by atoms with Gasteiger partial charge in [-0.05, 0) is 30.7 Å². The molecule has 1 aromatic heterocycles. The third-order valence-electron chi connectivity index (χ3n) is 4.00. The summed E-state index contributed by atoms with van der Waals surface area (Å²) in [4.78, 5) is 0. The highest BCUT2D eigenvalue weighted by atomic mass is 16.5. The van der Waals surface area contributed by atoms with Gasteiger partial charge in [0.05, 0.1) is 18.2 Å². The molecule has 118 valence electrons. The van der Waals surface area contributed by atoms with E-state index in [-0.39, 0.29) is 11.1 Å². The summed E-state index contributed by atoms with van der Waals surface area (Å²) in [5, 5.41) is 29.7. The summed E-state index contributed by atoms with van der Waals surface area (Å²) >= 11 is 0. The van der Waals surface area contributed by atoms with Crippen LogP contribution in [0.15, 0.2) is 40.8 Å². The second kappa shape index (κ2) is 6.08. The van der Waals surface area contributed by atoms with Crippen LogP contribution in [0, 0.1) is 29.6 Å². The summed E-state index contributed by atoms with van der Waals surface area (Å²) in [5.74, 6) is 1.25. The standard InChI is InChI=1S/C19H14N2O3/c1-11-18(19(22)12-3-5-15(23-2)6-4-12)16-7-13(9-20)14(10-21)8-17(16)24-11/h3-8,19,22H,1-2H3. The van der Waals surface area contributed by atoms with Gasteiger partial charge >= 0.3 is 0 Å². The molecule has 0 saturated carbocycles. The van der Waals surface area contributed by atoms with Crippen LogP contribution in [-0.4, -0.2) is 12.2 Å². The molecule has 0 aliphatic rings. The Morgan fingerprint density at radius 2 is 1.71 bits per heavy atom. The van der Waals surface area contributed by atoms with Gasteiger partial charge in [0.15, 0.2) is 0 Å². The molecule has 24 heavy (non-hydrogen) atoms. The van der Waals surface area contributed by atoms with E-state index in [0.29, 0.717) is 33.6 Å². The SMILES string of the molecule is COc1ccc(C(O)c2c(C)oc3cc(C#N)c(C#N)cc23)cc1. The van der Waals surface area contributed by atoms with E-state index in [1.54, 1.807) is 44.4 Å². The van der Waals surface area contributed by atoms with Crippen molar-refractivity contribution in [3.63, 3.8) is 0 Å². The van der Waals surface area contributed by atoms with Gasteiger partial charge in [0.1, 0.15) is 35.3 Å². The first-order valence-electron chi connectivity index (χ1n) is 7.28. The smallest absolute Gasteiger partial charge is 0.136 e. The lowest BCUT2D eigenvalue weighted by Gasteiger charge is -2.12. The molecule has 3 rings (SSSR count). The zero-order chi connectivity index (χ0) is 17.3. The van der Waals surface area contributed by atoms with Gasteiger partial charge in [0.2, 0.25) is 0 Å². The summed E-state index contributed by atoms with van der Waals surface area (Å²) in [6.45, 7) is 1.75. The van der Waals surface area contributed by atoms with Crippen molar-refractivity contribution in [2.24, 2.45) is 0 Å². The summed E-state index contributed by atoms with van der Waals surface area (Å²) < 4.78 is 10.8. The van der Waals surface area contributed by atoms with Crippen molar-refractivity contribution in [1.82, 2.24) is 0 Å². The van der Waals surface area contributed by atoms with Crippen molar-refractivity contribution in [2.45, 2.75) is 13.0 Å².